The standard InChI is InChI=1S/C16H13FN2OS/c17-13-8-4-5-9-14(13)18-16(21)19-15(20)11-10-12-6-2-1-3-7-12/h1-11H,(H2,18,19,20,21). The molecule has 2 aromatic carbocycles. The molecule has 0 aliphatic rings. The lowest BCUT2D eigenvalue weighted by Gasteiger charge is -2.08. The molecule has 2 rings (SSSR count). The molecule has 0 saturated heterocycles. The molecular formula is C16H13FN2OS. The lowest BCUT2D eigenvalue weighted by Crippen LogP contribution is -2.33. The predicted molar refractivity (Wildman–Crippen MR) is 86.2 cm³/mol. The summed E-state index contributed by atoms with van der Waals surface area (Å²) in [6, 6.07) is 15.5. The third-order valence-corrected chi connectivity index (χ3v) is 2.79. The zero-order chi connectivity index (χ0) is 15.1. The van der Waals surface area contributed by atoms with E-state index in [1.54, 1.807) is 18.2 Å². The van der Waals surface area contributed by atoms with E-state index < -0.39 is 5.82 Å². The lowest BCUT2D eigenvalue weighted by atomic mass is 10.2. The third kappa shape index (κ3) is 4.81. The fourth-order valence-electron chi connectivity index (χ4n) is 1.61. The number of thiocarbonyl (C=S) groups is 1. The Morgan fingerprint density at radius 3 is 2.43 bits per heavy atom. The molecule has 0 atom stereocenters. The normalized spacial score (nSPS) is 10.3. The maximum Gasteiger partial charge on any atom is 0.250 e. The average Bonchev–Trinajstić information content (AvgIpc) is 2.48. The van der Waals surface area contributed by atoms with Crippen molar-refractivity contribution in [2.45, 2.75) is 0 Å². The summed E-state index contributed by atoms with van der Waals surface area (Å²) in [5.74, 6) is -0.818. The molecular weight excluding hydrogens is 287 g/mol. The molecule has 2 aromatic rings. The number of hydrogen-bond donors (Lipinski definition) is 2. The van der Waals surface area contributed by atoms with Gasteiger partial charge in [-0.2, -0.15) is 0 Å². The van der Waals surface area contributed by atoms with Gasteiger partial charge in [0.15, 0.2) is 5.11 Å². The van der Waals surface area contributed by atoms with Crippen molar-refractivity contribution >= 4 is 35.0 Å². The molecule has 0 radical (unpaired) electrons. The maximum absolute atomic E-state index is 13.4. The highest BCUT2D eigenvalue weighted by atomic mass is 32.1. The topological polar surface area (TPSA) is 41.1 Å². The Balaban J connectivity index is 1.90. The summed E-state index contributed by atoms with van der Waals surface area (Å²) in [5.41, 5.74) is 1.12. The summed E-state index contributed by atoms with van der Waals surface area (Å²) in [7, 11) is 0. The second kappa shape index (κ2) is 7.31. The molecule has 21 heavy (non-hydrogen) atoms. The van der Waals surface area contributed by atoms with Gasteiger partial charge in [0.25, 0.3) is 0 Å². The molecule has 2 N–H and O–H groups in total. The van der Waals surface area contributed by atoms with Crippen LogP contribution in [-0.2, 0) is 4.79 Å². The third-order valence-electron chi connectivity index (χ3n) is 2.59. The summed E-state index contributed by atoms with van der Waals surface area (Å²) in [5, 5.41) is 5.13. The van der Waals surface area contributed by atoms with E-state index >= 15 is 0 Å². The molecule has 106 valence electrons. The molecule has 0 aromatic heterocycles. The summed E-state index contributed by atoms with van der Waals surface area (Å²) in [4.78, 5) is 11.7. The number of para-hydroxylation sites is 1. The Kier molecular flexibility index (Phi) is 5.17. The van der Waals surface area contributed by atoms with E-state index in [0.717, 1.165) is 5.56 Å². The number of nitrogens with one attached hydrogen (secondary N) is 2. The monoisotopic (exact) mass is 300 g/mol. The Hall–Kier alpha value is -2.53. The maximum atomic E-state index is 13.4. The number of amides is 1. The molecule has 0 heterocycles. The summed E-state index contributed by atoms with van der Waals surface area (Å²) in [6.45, 7) is 0. The van der Waals surface area contributed by atoms with Gasteiger partial charge in [0.1, 0.15) is 5.82 Å². The van der Waals surface area contributed by atoms with Gasteiger partial charge in [-0.25, -0.2) is 4.39 Å². The van der Waals surface area contributed by atoms with Gasteiger partial charge >= 0.3 is 0 Å². The first-order valence-electron chi connectivity index (χ1n) is 6.25. The smallest absolute Gasteiger partial charge is 0.250 e. The molecule has 1 amide bonds. The minimum absolute atomic E-state index is 0.0443. The van der Waals surface area contributed by atoms with Crippen LogP contribution in [-0.4, -0.2) is 11.0 Å². The van der Waals surface area contributed by atoms with Crippen molar-refractivity contribution < 1.29 is 9.18 Å². The minimum atomic E-state index is -0.436. The van der Waals surface area contributed by atoms with Crippen LogP contribution in [0.1, 0.15) is 5.56 Å². The van der Waals surface area contributed by atoms with Crippen molar-refractivity contribution in [3.8, 4) is 0 Å². The van der Waals surface area contributed by atoms with E-state index in [1.165, 1.54) is 18.2 Å². The Morgan fingerprint density at radius 1 is 1.05 bits per heavy atom. The van der Waals surface area contributed by atoms with Crippen molar-refractivity contribution in [3.05, 3.63) is 72.1 Å². The van der Waals surface area contributed by atoms with Gasteiger partial charge in [0.2, 0.25) is 5.91 Å². The van der Waals surface area contributed by atoms with Gasteiger partial charge in [0, 0.05) is 6.08 Å². The predicted octanol–water partition coefficient (Wildman–Crippen LogP) is 3.35. The Bertz CT molecular complexity index is 671. The fraction of sp³-hybridized carbons (Fsp3) is 0. The van der Waals surface area contributed by atoms with Crippen molar-refractivity contribution in [2.24, 2.45) is 0 Å². The van der Waals surface area contributed by atoms with Crippen molar-refractivity contribution in [3.63, 3.8) is 0 Å². The van der Waals surface area contributed by atoms with Crippen molar-refractivity contribution in [2.75, 3.05) is 5.32 Å². The van der Waals surface area contributed by atoms with Crippen LogP contribution in [0.4, 0.5) is 10.1 Å². The summed E-state index contributed by atoms with van der Waals surface area (Å²) in [6.07, 6.45) is 3.03. The SMILES string of the molecule is O=C(C=Cc1ccccc1)NC(=S)Nc1ccccc1F. The van der Waals surface area contributed by atoms with E-state index in [0.29, 0.717) is 0 Å². The number of carbonyl (C=O) groups is 1. The van der Waals surface area contributed by atoms with E-state index in [4.69, 9.17) is 12.2 Å². The number of benzene rings is 2. The molecule has 0 aliphatic heterocycles. The first-order valence-corrected chi connectivity index (χ1v) is 6.65. The van der Waals surface area contributed by atoms with Gasteiger partial charge < -0.3 is 5.32 Å². The average molecular weight is 300 g/mol. The van der Waals surface area contributed by atoms with E-state index in [2.05, 4.69) is 10.6 Å². The second-order valence-electron chi connectivity index (χ2n) is 4.17. The molecule has 0 bridgehead atoms. The van der Waals surface area contributed by atoms with Crippen molar-refractivity contribution in [1.82, 2.24) is 5.32 Å². The van der Waals surface area contributed by atoms with E-state index in [-0.39, 0.29) is 16.7 Å². The van der Waals surface area contributed by atoms with Crippen LogP contribution in [0.5, 0.6) is 0 Å². The first-order chi connectivity index (χ1) is 10.1. The molecule has 5 heteroatoms. The van der Waals surface area contributed by atoms with Crippen molar-refractivity contribution in [1.29, 1.82) is 0 Å². The number of hydrogen-bond acceptors (Lipinski definition) is 2. The van der Waals surface area contributed by atoms with E-state index in [1.807, 2.05) is 30.3 Å². The van der Waals surface area contributed by atoms with Crippen LogP contribution in [0, 0.1) is 5.82 Å². The Morgan fingerprint density at radius 2 is 1.71 bits per heavy atom. The van der Waals surface area contributed by atoms with Gasteiger partial charge in [0.05, 0.1) is 5.69 Å². The second-order valence-corrected chi connectivity index (χ2v) is 4.58. The van der Waals surface area contributed by atoms with E-state index in [9.17, 15) is 9.18 Å². The molecule has 3 nitrogen and oxygen atoms in total. The number of rotatable bonds is 3. The first kappa shape index (κ1) is 14.9. The van der Waals surface area contributed by atoms with Crippen LogP contribution in [0.2, 0.25) is 0 Å². The van der Waals surface area contributed by atoms with Gasteiger partial charge in [-0.15, -0.1) is 0 Å². The summed E-state index contributed by atoms with van der Waals surface area (Å²) >= 11 is 4.96. The highest BCUT2D eigenvalue weighted by molar-refractivity contribution is 7.80. The van der Waals surface area contributed by atoms with Crippen LogP contribution in [0.3, 0.4) is 0 Å². The molecule has 0 saturated carbocycles. The molecule has 0 spiro atoms. The van der Waals surface area contributed by atoms with Crippen LogP contribution < -0.4 is 10.6 Å². The largest absolute Gasteiger partial charge is 0.330 e. The molecule has 0 aliphatic carbocycles. The zero-order valence-electron chi connectivity index (χ0n) is 11.0. The lowest BCUT2D eigenvalue weighted by molar-refractivity contribution is -0.115. The van der Waals surface area contributed by atoms with Crippen LogP contribution in [0.25, 0.3) is 6.08 Å². The highest BCUT2D eigenvalue weighted by Crippen LogP contribution is 2.11. The highest BCUT2D eigenvalue weighted by Gasteiger charge is 2.04. The zero-order valence-corrected chi connectivity index (χ0v) is 11.9. The molecule has 0 unspecified atom stereocenters. The van der Waals surface area contributed by atoms with Gasteiger partial charge in [-0.1, -0.05) is 42.5 Å². The van der Waals surface area contributed by atoms with Crippen LogP contribution in [0.15, 0.2) is 60.7 Å². The van der Waals surface area contributed by atoms with Gasteiger partial charge in [-0.05, 0) is 36.0 Å². The quantitative estimate of drug-likeness (QED) is 0.674. The molecule has 0 fully saturated rings. The Labute approximate surface area is 127 Å². The number of carbonyl (C=O) groups excluding carboxylic acids is 1. The number of anilines is 1. The minimum Gasteiger partial charge on any atom is -0.330 e. The number of halogens is 1. The fourth-order valence-corrected chi connectivity index (χ4v) is 1.82. The van der Waals surface area contributed by atoms with Gasteiger partial charge in [-0.3, -0.25) is 10.1 Å². The van der Waals surface area contributed by atoms with Crippen LogP contribution >= 0.6 is 12.2 Å². The summed E-state index contributed by atoms with van der Waals surface area (Å²) < 4.78 is 13.4.